The predicted octanol–water partition coefficient (Wildman–Crippen LogP) is 5.94. The number of hydrogen-bond acceptors (Lipinski definition) is 5. The number of halogens is 4. The molecule has 5 rings (SSSR count). The van der Waals surface area contributed by atoms with Crippen molar-refractivity contribution in [2.75, 3.05) is 18.0 Å². The summed E-state index contributed by atoms with van der Waals surface area (Å²) in [6.45, 7) is 3.83. The van der Waals surface area contributed by atoms with Crippen LogP contribution in [0.4, 0.5) is 18.9 Å². The number of aromatic nitrogens is 3. The number of amides is 1. The molecule has 204 valence electrons. The topological polar surface area (TPSA) is 71.8 Å². The van der Waals surface area contributed by atoms with Gasteiger partial charge in [0.25, 0.3) is 5.91 Å². The molecule has 0 saturated carbocycles. The van der Waals surface area contributed by atoms with Crippen molar-refractivity contribution < 1.29 is 22.7 Å². The summed E-state index contributed by atoms with van der Waals surface area (Å²) in [5.41, 5.74) is 2.42. The van der Waals surface area contributed by atoms with Crippen molar-refractivity contribution in [2.24, 2.45) is 0 Å². The van der Waals surface area contributed by atoms with Crippen LogP contribution in [0.25, 0.3) is 5.78 Å². The number of piperidine rings is 1. The van der Waals surface area contributed by atoms with Crippen LogP contribution in [0, 0.1) is 0 Å². The highest BCUT2D eigenvalue weighted by Gasteiger charge is 2.30. The van der Waals surface area contributed by atoms with E-state index in [4.69, 9.17) is 16.3 Å². The molecule has 0 unspecified atom stereocenters. The van der Waals surface area contributed by atoms with Crippen LogP contribution in [0.3, 0.4) is 0 Å². The van der Waals surface area contributed by atoms with Gasteiger partial charge >= 0.3 is 6.18 Å². The largest absolute Gasteiger partial charge is 0.490 e. The molecule has 1 fully saturated rings. The zero-order chi connectivity index (χ0) is 27.6. The summed E-state index contributed by atoms with van der Waals surface area (Å²) in [7, 11) is 0. The third-order valence-corrected chi connectivity index (χ3v) is 6.95. The van der Waals surface area contributed by atoms with Crippen LogP contribution in [0.15, 0.2) is 60.9 Å². The molecule has 2 aromatic carbocycles. The first-order valence-corrected chi connectivity index (χ1v) is 13.1. The van der Waals surface area contributed by atoms with E-state index in [1.54, 1.807) is 10.6 Å². The van der Waals surface area contributed by atoms with Crippen molar-refractivity contribution in [3.05, 3.63) is 88.5 Å². The van der Waals surface area contributed by atoms with E-state index >= 15 is 0 Å². The van der Waals surface area contributed by atoms with Gasteiger partial charge in [-0.25, -0.2) is 9.97 Å². The predicted molar refractivity (Wildman–Crippen MR) is 142 cm³/mol. The molecular weight excluding hydrogens is 531 g/mol. The fourth-order valence-electron chi connectivity index (χ4n) is 4.68. The Balaban J connectivity index is 1.14. The Bertz CT molecular complexity index is 1450. The Kier molecular flexibility index (Phi) is 7.65. The number of benzene rings is 2. The number of carbonyl (C=O) groups is 1. The second kappa shape index (κ2) is 11.1. The second-order valence-corrected chi connectivity index (χ2v) is 9.81. The molecule has 39 heavy (non-hydrogen) atoms. The molecule has 4 aromatic rings. The van der Waals surface area contributed by atoms with E-state index < -0.39 is 11.7 Å². The van der Waals surface area contributed by atoms with Gasteiger partial charge < -0.3 is 15.0 Å². The summed E-state index contributed by atoms with van der Waals surface area (Å²) in [5, 5.41) is 3.38. The van der Waals surface area contributed by atoms with Crippen molar-refractivity contribution in [2.45, 2.75) is 45.0 Å². The highest BCUT2D eigenvalue weighted by molar-refractivity contribution is 6.30. The van der Waals surface area contributed by atoms with Crippen molar-refractivity contribution in [1.82, 2.24) is 19.7 Å². The van der Waals surface area contributed by atoms with Crippen LogP contribution in [-0.2, 0) is 19.1 Å². The standard InChI is InChI=1S/C28H27ClF3N5O2/c1-2-24-25(37-17-20(29)16-34-27(37)35-24)26(38)33-15-18-3-7-21(8-4-18)36-13-11-23(12-14-36)39-22-9-5-19(6-10-22)28(30,31)32/h3-10,16-17,23H,2,11-15H2,1H3,(H,33,38). The Hall–Kier alpha value is -3.79. The molecule has 11 heteroatoms. The average molecular weight is 558 g/mol. The summed E-state index contributed by atoms with van der Waals surface area (Å²) < 4.78 is 45.8. The number of carbonyl (C=O) groups excluding carboxylic acids is 1. The maximum atomic E-state index is 13.0. The van der Waals surface area contributed by atoms with E-state index in [-0.39, 0.29) is 12.0 Å². The monoisotopic (exact) mass is 557 g/mol. The molecule has 1 aliphatic rings. The summed E-state index contributed by atoms with van der Waals surface area (Å²) in [5.74, 6) is 0.629. The molecule has 1 saturated heterocycles. The smallest absolute Gasteiger partial charge is 0.416 e. The van der Waals surface area contributed by atoms with Gasteiger partial charge in [0.1, 0.15) is 17.5 Å². The lowest BCUT2D eigenvalue weighted by atomic mass is 10.1. The van der Waals surface area contributed by atoms with Crippen LogP contribution in [0.5, 0.6) is 5.75 Å². The second-order valence-electron chi connectivity index (χ2n) is 9.38. The van der Waals surface area contributed by atoms with Gasteiger partial charge in [0.05, 0.1) is 22.5 Å². The number of nitrogens with zero attached hydrogens (tertiary/aromatic N) is 4. The first kappa shape index (κ1) is 26.8. The SMILES string of the molecule is CCc1nc2ncc(Cl)cn2c1C(=O)NCc1ccc(N2CCC(Oc3ccc(C(F)(F)F)cc3)CC2)cc1. The molecule has 7 nitrogen and oxygen atoms in total. The summed E-state index contributed by atoms with van der Waals surface area (Å²) in [6, 6.07) is 12.8. The first-order chi connectivity index (χ1) is 18.7. The number of rotatable bonds is 7. The van der Waals surface area contributed by atoms with Gasteiger partial charge in [0.15, 0.2) is 0 Å². The minimum Gasteiger partial charge on any atom is -0.490 e. The van der Waals surface area contributed by atoms with Gasteiger partial charge in [-0.15, -0.1) is 0 Å². The lowest BCUT2D eigenvalue weighted by Gasteiger charge is -2.33. The number of nitrogens with one attached hydrogen (secondary N) is 1. The molecule has 0 atom stereocenters. The number of hydrogen-bond donors (Lipinski definition) is 1. The van der Waals surface area contributed by atoms with Gasteiger partial charge in [0.2, 0.25) is 5.78 Å². The molecule has 1 amide bonds. The number of fused-ring (bicyclic) bond motifs is 1. The quantitative estimate of drug-likeness (QED) is 0.304. The molecule has 0 radical (unpaired) electrons. The third-order valence-electron chi connectivity index (χ3n) is 6.75. The number of alkyl halides is 3. The summed E-state index contributed by atoms with van der Waals surface area (Å²) >= 11 is 6.07. The van der Waals surface area contributed by atoms with E-state index in [9.17, 15) is 18.0 Å². The van der Waals surface area contributed by atoms with Gasteiger partial charge in [-0.1, -0.05) is 30.7 Å². The fraction of sp³-hybridized carbons (Fsp3) is 0.321. The number of ether oxygens (including phenoxy) is 1. The van der Waals surface area contributed by atoms with E-state index in [2.05, 4.69) is 20.2 Å². The molecule has 2 aromatic heterocycles. The Morgan fingerprint density at radius 3 is 2.44 bits per heavy atom. The van der Waals surface area contributed by atoms with E-state index in [0.29, 0.717) is 40.9 Å². The minimum absolute atomic E-state index is 0.0507. The van der Waals surface area contributed by atoms with Crippen molar-refractivity contribution in [3.8, 4) is 5.75 Å². The molecule has 3 heterocycles. The molecule has 0 bridgehead atoms. The van der Waals surface area contributed by atoms with Crippen LogP contribution >= 0.6 is 11.6 Å². The maximum absolute atomic E-state index is 13.0. The van der Waals surface area contributed by atoms with Gasteiger partial charge in [0, 0.05) is 44.4 Å². The molecular formula is C28H27ClF3N5O2. The fourth-order valence-corrected chi connectivity index (χ4v) is 4.83. The van der Waals surface area contributed by atoms with Crippen molar-refractivity contribution in [1.29, 1.82) is 0 Å². The zero-order valence-electron chi connectivity index (χ0n) is 21.2. The number of imidazole rings is 1. The number of anilines is 1. The van der Waals surface area contributed by atoms with E-state index in [0.717, 1.165) is 49.3 Å². The Morgan fingerprint density at radius 1 is 1.10 bits per heavy atom. The highest BCUT2D eigenvalue weighted by atomic mass is 35.5. The van der Waals surface area contributed by atoms with Crippen LogP contribution in [0.2, 0.25) is 5.02 Å². The molecule has 0 aliphatic carbocycles. The van der Waals surface area contributed by atoms with Crippen molar-refractivity contribution >= 4 is 29.0 Å². The minimum atomic E-state index is -4.36. The van der Waals surface area contributed by atoms with Crippen LogP contribution in [0.1, 0.15) is 47.1 Å². The van der Waals surface area contributed by atoms with E-state index in [1.807, 2.05) is 31.2 Å². The van der Waals surface area contributed by atoms with Crippen LogP contribution < -0.4 is 15.0 Å². The summed E-state index contributed by atoms with van der Waals surface area (Å²) in [4.78, 5) is 23.9. The first-order valence-electron chi connectivity index (χ1n) is 12.7. The van der Waals surface area contributed by atoms with Crippen molar-refractivity contribution in [3.63, 3.8) is 0 Å². The highest BCUT2D eigenvalue weighted by Crippen LogP contribution is 2.31. The molecule has 1 aliphatic heterocycles. The average Bonchev–Trinajstić information content (AvgIpc) is 3.30. The third kappa shape index (κ3) is 6.11. The van der Waals surface area contributed by atoms with Gasteiger partial charge in [-0.2, -0.15) is 13.2 Å². The number of aryl methyl sites for hydroxylation is 1. The molecule has 0 spiro atoms. The van der Waals surface area contributed by atoms with Gasteiger partial charge in [-0.05, 0) is 48.4 Å². The zero-order valence-corrected chi connectivity index (χ0v) is 22.0. The Morgan fingerprint density at radius 2 is 1.79 bits per heavy atom. The van der Waals surface area contributed by atoms with E-state index in [1.165, 1.54) is 18.3 Å². The Labute approximate surface area is 228 Å². The summed E-state index contributed by atoms with van der Waals surface area (Å²) in [6.07, 6.45) is 0.840. The van der Waals surface area contributed by atoms with Crippen LogP contribution in [-0.4, -0.2) is 39.5 Å². The lowest BCUT2D eigenvalue weighted by molar-refractivity contribution is -0.137. The van der Waals surface area contributed by atoms with Gasteiger partial charge in [-0.3, -0.25) is 9.20 Å². The molecule has 1 N–H and O–H groups in total. The lowest BCUT2D eigenvalue weighted by Crippen LogP contribution is -2.38. The normalized spacial score (nSPS) is 14.5. The maximum Gasteiger partial charge on any atom is 0.416 e.